The number of nitrogens with two attached hydrogens (primary N) is 2. The summed E-state index contributed by atoms with van der Waals surface area (Å²) in [5.74, 6) is 0.467. The van der Waals surface area contributed by atoms with Gasteiger partial charge in [-0.3, -0.25) is 4.55 Å². The third-order valence-corrected chi connectivity index (χ3v) is 6.47. The molecule has 0 saturated heterocycles. The Hall–Kier alpha value is -3.08. The first-order valence-electron chi connectivity index (χ1n) is 10.5. The zero-order chi connectivity index (χ0) is 24.4. The van der Waals surface area contributed by atoms with Crippen LogP contribution in [0.1, 0.15) is 49.3 Å². The van der Waals surface area contributed by atoms with E-state index < -0.39 is 21.5 Å². The zero-order valence-electron chi connectivity index (χ0n) is 18.4. The molecule has 33 heavy (non-hydrogen) atoms. The van der Waals surface area contributed by atoms with E-state index in [2.05, 4.69) is 4.99 Å². The molecule has 0 amide bonds. The smallest absolute Gasteiger partial charge is 0.268 e. The van der Waals surface area contributed by atoms with Gasteiger partial charge in [-0.25, -0.2) is 4.99 Å². The van der Waals surface area contributed by atoms with E-state index in [1.165, 1.54) is 18.2 Å². The lowest BCUT2D eigenvalue weighted by atomic mass is 9.91. The van der Waals surface area contributed by atoms with Gasteiger partial charge in [0, 0.05) is 0 Å². The fourth-order valence-corrected chi connectivity index (χ4v) is 4.18. The van der Waals surface area contributed by atoms with Crippen LogP contribution in [0.4, 0.5) is 0 Å². The molecule has 0 aliphatic rings. The lowest BCUT2D eigenvalue weighted by Gasteiger charge is -2.21. The summed E-state index contributed by atoms with van der Waals surface area (Å²) < 4.78 is 39.2. The first-order chi connectivity index (χ1) is 15.6. The zero-order valence-corrected chi connectivity index (χ0v) is 19.2. The molecule has 10 heteroatoms. The molecule has 2 rings (SSSR count). The van der Waals surface area contributed by atoms with Crippen molar-refractivity contribution in [3.05, 3.63) is 71.8 Å². The number of hydrogen-bond acceptors (Lipinski definition) is 6. The SMILES string of the molecule is CC[C@H](C[C@H](CC=C[C@@H](O)c1ccc(O)cc1)S(=O)(=O)O)c1ccc(OCN=C(N)N)cc1. The van der Waals surface area contributed by atoms with Crippen molar-refractivity contribution < 1.29 is 27.9 Å². The normalized spacial score (nSPS) is 14.5. The van der Waals surface area contributed by atoms with Gasteiger partial charge in [0.05, 0.1) is 11.4 Å². The van der Waals surface area contributed by atoms with Gasteiger partial charge in [0.1, 0.15) is 11.5 Å². The van der Waals surface area contributed by atoms with Gasteiger partial charge in [-0.15, -0.1) is 0 Å². The molecule has 0 radical (unpaired) electrons. The highest BCUT2D eigenvalue weighted by atomic mass is 32.2. The van der Waals surface area contributed by atoms with Crippen molar-refractivity contribution in [3.8, 4) is 11.5 Å². The van der Waals surface area contributed by atoms with E-state index in [-0.39, 0.29) is 37.2 Å². The first-order valence-corrected chi connectivity index (χ1v) is 12.0. The van der Waals surface area contributed by atoms with E-state index in [1.54, 1.807) is 30.3 Å². The molecule has 0 aliphatic carbocycles. The molecule has 0 fully saturated rings. The van der Waals surface area contributed by atoms with Crippen LogP contribution in [0.3, 0.4) is 0 Å². The topological polar surface area (TPSA) is 168 Å². The molecule has 0 spiro atoms. The van der Waals surface area contributed by atoms with Crippen LogP contribution >= 0.6 is 0 Å². The molecule has 0 heterocycles. The Bertz CT molecular complexity index is 1030. The van der Waals surface area contributed by atoms with Crippen molar-refractivity contribution in [1.82, 2.24) is 0 Å². The largest absolute Gasteiger partial charge is 0.508 e. The van der Waals surface area contributed by atoms with E-state index in [9.17, 15) is 23.2 Å². The maximum atomic E-state index is 12.0. The Morgan fingerprint density at radius 3 is 2.24 bits per heavy atom. The highest BCUT2D eigenvalue weighted by Gasteiger charge is 2.26. The Morgan fingerprint density at radius 2 is 1.70 bits per heavy atom. The summed E-state index contributed by atoms with van der Waals surface area (Å²) in [6, 6.07) is 13.2. The number of phenols is 1. The summed E-state index contributed by atoms with van der Waals surface area (Å²) in [4.78, 5) is 3.74. The van der Waals surface area contributed by atoms with Crippen LogP contribution in [0.5, 0.6) is 11.5 Å². The molecule has 180 valence electrons. The van der Waals surface area contributed by atoms with Crippen molar-refractivity contribution in [2.75, 3.05) is 6.73 Å². The van der Waals surface area contributed by atoms with E-state index >= 15 is 0 Å². The summed E-state index contributed by atoms with van der Waals surface area (Å²) in [6.07, 6.45) is 2.98. The number of hydrogen-bond donors (Lipinski definition) is 5. The van der Waals surface area contributed by atoms with E-state index in [4.69, 9.17) is 16.2 Å². The maximum Gasteiger partial charge on any atom is 0.268 e. The highest BCUT2D eigenvalue weighted by Crippen LogP contribution is 2.30. The van der Waals surface area contributed by atoms with Crippen LogP contribution in [0.15, 0.2) is 65.7 Å². The average molecular weight is 478 g/mol. The van der Waals surface area contributed by atoms with Crippen LogP contribution in [-0.2, 0) is 10.1 Å². The number of allylic oxidation sites excluding steroid dienone is 1. The third kappa shape index (κ3) is 8.76. The molecule has 3 atom stereocenters. The second-order valence-corrected chi connectivity index (χ2v) is 9.30. The van der Waals surface area contributed by atoms with Gasteiger partial charge < -0.3 is 26.4 Å². The van der Waals surface area contributed by atoms with Gasteiger partial charge in [0.15, 0.2) is 12.7 Å². The number of nitrogens with zero attached hydrogens (tertiary/aromatic N) is 1. The van der Waals surface area contributed by atoms with Crippen molar-refractivity contribution in [3.63, 3.8) is 0 Å². The Kier molecular flexibility index (Phi) is 9.71. The molecule has 7 N–H and O–H groups in total. The van der Waals surface area contributed by atoms with Crippen LogP contribution in [0, 0.1) is 0 Å². The number of benzene rings is 2. The molecule has 0 aromatic heterocycles. The van der Waals surface area contributed by atoms with Crippen LogP contribution in [-0.4, -0.2) is 41.1 Å². The van der Waals surface area contributed by atoms with Crippen LogP contribution in [0.2, 0.25) is 0 Å². The standard InChI is InChI=1S/C23H31N3O6S/c1-2-16(17-8-12-20(13-9-17)32-15-26-23(24)25)14-21(33(29,30)31)4-3-5-22(28)18-6-10-19(27)11-7-18/h3,5-13,16,21-22,27-28H,2,4,14-15H2,1H3,(H4,24,25,26)(H,29,30,31)/t16-,21+,22-/m1/s1. The molecule has 9 nitrogen and oxygen atoms in total. The number of guanidine groups is 1. The number of aliphatic hydroxyl groups excluding tert-OH is 1. The summed E-state index contributed by atoms with van der Waals surface area (Å²) >= 11 is 0. The highest BCUT2D eigenvalue weighted by molar-refractivity contribution is 7.86. The summed E-state index contributed by atoms with van der Waals surface area (Å²) in [6.45, 7) is 1.94. The van der Waals surface area contributed by atoms with Crippen molar-refractivity contribution >= 4 is 16.1 Å². The number of rotatable bonds is 12. The van der Waals surface area contributed by atoms with Crippen molar-refractivity contribution in [2.24, 2.45) is 16.5 Å². The minimum atomic E-state index is -4.30. The summed E-state index contributed by atoms with van der Waals surface area (Å²) in [5.41, 5.74) is 12.0. The minimum Gasteiger partial charge on any atom is -0.508 e. The number of aromatic hydroxyl groups is 1. The summed E-state index contributed by atoms with van der Waals surface area (Å²) in [7, 11) is -4.30. The van der Waals surface area contributed by atoms with Crippen LogP contribution in [0.25, 0.3) is 0 Å². The second kappa shape index (κ2) is 12.2. The predicted octanol–water partition coefficient (Wildman–Crippen LogP) is 2.82. The second-order valence-electron chi connectivity index (χ2n) is 7.60. The van der Waals surface area contributed by atoms with Gasteiger partial charge in [0.25, 0.3) is 10.1 Å². The molecule has 0 bridgehead atoms. The molecular formula is C23H31N3O6S. The lowest BCUT2D eigenvalue weighted by Crippen LogP contribution is -2.23. The Labute approximate surface area is 194 Å². The number of aliphatic hydroxyl groups is 1. The Morgan fingerprint density at radius 1 is 1.09 bits per heavy atom. The van der Waals surface area contributed by atoms with Gasteiger partial charge in [-0.05, 0) is 60.6 Å². The Balaban J connectivity index is 2.05. The molecule has 0 saturated carbocycles. The van der Waals surface area contributed by atoms with Gasteiger partial charge in [-0.2, -0.15) is 8.42 Å². The van der Waals surface area contributed by atoms with Gasteiger partial charge in [0.2, 0.25) is 0 Å². The summed E-state index contributed by atoms with van der Waals surface area (Å²) in [5, 5.41) is 18.5. The average Bonchev–Trinajstić information content (AvgIpc) is 2.76. The van der Waals surface area contributed by atoms with Crippen molar-refractivity contribution in [2.45, 2.75) is 43.5 Å². The fourth-order valence-electron chi connectivity index (χ4n) is 3.35. The van der Waals surface area contributed by atoms with E-state index in [0.29, 0.717) is 17.7 Å². The molecular weight excluding hydrogens is 446 g/mol. The number of phenolic OH excluding ortho intramolecular Hbond substituents is 1. The first kappa shape index (κ1) is 26.2. The fraction of sp³-hybridized carbons (Fsp3) is 0.348. The monoisotopic (exact) mass is 477 g/mol. The van der Waals surface area contributed by atoms with Crippen LogP contribution < -0.4 is 16.2 Å². The molecule has 2 aromatic carbocycles. The molecule has 0 aliphatic heterocycles. The lowest BCUT2D eigenvalue weighted by molar-refractivity contribution is 0.228. The minimum absolute atomic E-state index is 0.00789. The predicted molar refractivity (Wildman–Crippen MR) is 128 cm³/mol. The van der Waals surface area contributed by atoms with Gasteiger partial charge >= 0.3 is 0 Å². The quantitative estimate of drug-likeness (QED) is 0.134. The van der Waals surface area contributed by atoms with Gasteiger partial charge in [-0.1, -0.05) is 43.3 Å². The molecule has 2 aromatic rings. The van der Waals surface area contributed by atoms with E-state index in [0.717, 1.165) is 5.56 Å². The molecule has 0 unspecified atom stereocenters. The van der Waals surface area contributed by atoms with Crippen molar-refractivity contribution in [1.29, 1.82) is 0 Å². The van der Waals surface area contributed by atoms with E-state index in [1.807, 2.05) is 19.1 Å². The number of aliphatic imine (C=N–C) groups is 1. The number of ether oxygens (including phenoxy) is 1. The third-order valence-electron chi connectivity index (χ3n) is 5.24. The maximum absolute atomic E-state index is 12.0.